The molecule has 1 aromatic heterocycles. The lowest BCUT2D eigenvalue weighted by Gasteiger charge is -2.18. The highest BCUT2D eigenvalue weighted by Crippen LogP contribution is 2.29. The molecule has 0 radical (unpaired) electrons. The van der Waals surface area contributed by atoms with Crippen molar-refractivity contribution in [2.45, 2.75) is 6.54 Å². The van der Waals surface area contributed by atoms with Gasteiger partial charge in [0.2, 0.25) is 5.89 Å². The van der Waals surface area contributed by atoms with Gasteiger partial charge in [0, 0.05) is 29.7 Å². The molecule has 0 atom stereocenters. The van der Waals surface area contributed by atoms with Gasteiger partial charge >= 0.3 is 0 Å². The molecule has 0 spiro atoms. The number of amides is 1. The summed E-state index contributed by atoms with van der Waals surface area (Å²) in [5.41, 5.74) is 3.16. The lowest BCUT2D eigenvalue weighted by Crippen LogP contribution is -2.26. The van der Waals surface area contributed by atoms with Crippen LogP contribution in [0.3, 0.4) is 0 Å². The summed E-state index contributed by atoms with van der Waals surface area (Å²) >= 11 is 5.96. The molecular weight excluding hydrogens is 384 g/mol. The normalized spacial score (nSPS) is 10.7. The van der Waals surface area contributed by atoms with Gasteiger partial charge in [-0.2, -0.15) is 0 Å². The molecule has 0 fully saturated rings. The monoisotopic (exact) mass is 402 g/mol. The number of rotatable bonds is 5. The number of benzene rings is 3. The second-order valence-electron chi connectivity index (χ2n) is 6.73. The van der Waals surface area contributed by atoms with Gasteiger partial charge < -0.3 is 9.32 Å². The fourth-order valence-electron chi connectivity index (χ4n) is 3.14. The molecule has 0 unspecified atom stereocenters. The van der Waals surface area contributed by atoms with E-state index in [1.807, 2.05) is 60.7 Å². The average Bonchev–Trinajstić information content (AvgIpc) is 3.24. The Hall–Kier alpha value is -3.37. The summed E-state index contributed by atoms with van der Waals surface area (Å²) in [6, 6.07) is 24.6. The Morgan fingerprint density at radius 3 is 2.41 bits per heavy atom. The SMILES string of the molecule is CN(Cc1ccccc1)C(=O)c1ccccc1-c1ncc(-c2ccc(Cl)cc2)o1. The van der Waals surface area contributed by atoms with Crippen molar-refractivity contribution in [1.82, 2.24) is 9.88 Å². The summed E-state index contributed by atoms with van der Waals surface area (Å²) in [6.07, 6.45) is 1.66. The highest BCUT2D eigenvalue weighted by atomic mass is 35.5. The number of nitrogens with zero attached hydrogens (tertiary/aromatic N) is 2. The predicted molar refractivity (Wildman–Crippen MR) is 115 cm³/mol. The molecule has 4 aromatic rings. The van der Waals surface area contributed by atoms with Gasteiger partial charge in [-0.3, -0.25) is 4.79 Å². The molecule has 1 heterocycles. The first kappa shape index (κ1) is 19.0. The van der Waals surface area contributed by atoms with Crippen molar-refractivity contribution in [1.29, 1.82) is 0 Å². The highest BCUT2D eigenvalue weighted by molar-refractivity contribution is 6.30. The molecule has 3 aromatic carbocycles. The van der Waals surface area contributed by atoms with Gasteiger partial charge in [-0.1, -0.05) is 54.1 Å². The smallest absolute Gasteiger partial charge is 0.254 e. The number of carbonyl (C=O) groups is 1. The Labute approximate surface area is 174 Å². The molecule has 29 heavy (non-hydrogen) atoms. The number of halogens is 1. The summed E-state index contributed by atoms with van der Waals surface area (Å²) in [7, 11) is 1.79. The number of oxazole rings is 1. The van der Waals surface area contributed by atoms with Crippen molar-refractivity contribution in [2.24, 2.45) is 0 Å². The van der Waals surface area contributed by atoms with E-state index in [4.69, 9.17) is 16.0 Å². The highest BCUT2D eigenvalue weighted by Gasteiger charge is 2.19. The maximum absolute atomic E-state index is 13.1. The van der Waals surface area contributed by atoms with Gasteiger partial charge in [0.25, 0.3) is 5.91 Å². The van der Waals surface area contributed by atoms with Gasteiger partial charge in [-0.25, -0.2) is 4.98 Å². The Kier molecular flexibility index (Phi) is 5.45. The minimum Gasteiger partial charge on any atom is -0.436 e. The number of hydrogen-bond acceptors (Lipinski definition) is 3. The van der Waals surface area contributed by atoms with Gasteiger partial charge in [0.1, 0.15) is 0 Å². The van der Waals surface area contributed by atoms with E-state index in [1.54, 1.807) is 36.3 Å². The Morgan fingerprint density at radius 2 is 1.66 bits per heavy atom. The van der Waals surface area contributed by atoms with Gasteiger partial charge in [0.15, 0.2) is 5.76 Å². The van der Waals surface area contributed by atoms with Crippen LogP contribution in [0.4, 0.5) is 0 Å². The van der Waals surface area contributed by atoms with Crippen LogP contribution in [-0.2, 0) is 6.54 Å². The topological polar surface area (TPSA) is 46.3 Å². The molecule has 0 bridgehead atoms. The van der Waals surface area contributed by atoms with Gasteiger partial charge in [0.05, 0.1) is 11.8 Å². The molecule has 4 nitrogen and oxygen atoms in total. The molecule has 4 rings (SSSR count). The zero-order valence-corrected chi connectivity index (χ0v) is 16.6. The number of aromatic nitrogens is 1. The van der Waals surface area contributed by atoms with Crippen molar-refractivity contribution in [3.05, 3.63) is 101 Å². The van der Waals surface area contributed by atoms with E-state index in [9.17, 15) is 4.79 Å². The summed E-state index contributed by atoms with van der Waals surface area (Å²) in [6.45, 7) is 0.523. The zero-order valence-electron chi connectivity index (χ0n) is 15.9. The van der Waals surface area contributed by atoms with E-state index in [0.29, 0.717) is 34.3 Å². The first-order chi connectivity index (χ1) is 14.1. The third-order valence-corrected chi connectivity index (χ3v) is 4.88. The third kappa shape index (κ3) is 4.23. The first-order valence-electron chi connectivity index (χ1n) is 9.22. The van der Waals surface area contributed by atoms with Crippen LogP contribution in [0.5, 0.6) is 0 Å². The predicted octanol–water partition coefficient (Wildman–Crippen LogP) is 5.93. The minimum absolute atomic E-state index is 0.0873. The molecule has 0 N–H and O–H groups in total. The largest absolute Gasteiger partial charge is 0.436 e. The molecule has 5 heteroatoms. The number of carbonyl (C=O) groups excluding carboxylic acids is 1. The van der Waals surface area contributed by atoms with Gasteiger partial charge in [-0.15, -0.1) is 0 Å². The molecule has 0 saturated heterocycles. The molecule has 144 valence electrons. The molecule has 0 aliphatic rings. The van der Waals surface area contributed by atoms with Crippen molar-refractivity contribution >= 4 is 17.5 Å². The van der Waals surface area contributed by atoms with E-state index in [0.717, 1.165) is 11.1 Å². The summed E-state index contributed by atoms with van der Waals surface area (Å²) < 4.78 is 5.96. The second-order valence-corrected chi connectivity index (χ2v) is 7.17. The van der Waals surface area contributed by atoms with Crippen molar-refractivity contribution in [3.63, 3.8) is 0 Å². The van der Waals surface area contributed by atoms with Gasteiger partial charge in [-0.05, 0) is 42.0 Å². The summed E-state index contributed by atoms with van der Waals surface area (Å²) in [5.74, 6) is 0.944. The van der Waals surface area contributed by atoms with Crippen molar-refractivity contribution in [3.8, 4) is 22.8 Å². The third-order valence-electron chi connectivity index (χ3n) is 4.63. The van der Waals surface area contributed by atoms with Crippen LogP contribution in [0.2, 0.25) is 5.02 Å². The van der Waals surface area contributed by atoms with Crippen LogP contribution in [0.25, 0.3) is 22.8 Å². The molecule has 0 saturated carbocycles. The van der Waals surface area contributed by atoms with Crippen LogP contribution < -0.4 is 0 Å². The van der Waals surface area contributed by atoms with Crippen LogP contribution in [0.15, 0.2) is 89.5 Å². The molecule has 0 aliphatic carbocycles. The summed E-state index contributed by atoms with van der Waals surface area (Å²) in [5, 5.41) is 0.658. The van der Waals surface area contributed by atoms with Crippen LogP contribution in [0.1, 0.15) is 15.9 Å². The van der Waals surface area contributed by atoms with Crippen molar-refractivity contribution < 1.29 is 9.21 Å². The molecule has 1 amide bonds. The molecular formula is C24H19ClN2O2. The summed E-state index contributed by atoms with van der Waals surface area (Å²) in [4.78, 5) is 19.2. The Bertz CT molecular complexity index is 1120. The first-order valence-corrected chi connectivity index (χ1v) is 9.60. The Balaban J connectivity index is 1.62. The lowest BCUT2D eigenvalue weighted by atomic mass is 10.1. The van der Waals surface area contributed by atoms with E-state index in [-0.39, 0.29) is 5.91 Å². The van der Waals surface area contributed by atoms with Crippen LogP contribution >= 0.6 is 11.6 Å². The maximum atomic E-state index is 13.1. The Morgan fingerprint density at radius 1 is 0.966 bits per heavy atom. The van der Waals surface area contributed by atoms with E-state index in [2.05, 4.69) is 4.98 Å². The quantitative estimate of drug-likeness (QED) is 0.415. The average molecular weight is 403 g/mol. The van der Waals surface area contributed by atoms with Crippen LogP contribution in [-0.4, -0.2) is 22.8 Å². The van der Waals surface area contributed by atoms with E-state index in [1.165, 1.54) is 0 Å². The fraction of sp³-hybridized carbons (Fsp3) is 0.0833. The van der Waals surface area contributed by atoms with Crippen LogP contribution in [0, 0.1) is 0 Å². The zero-order chi connectivity index (χ0) is 20.2. The minimum atomic E-state index is -0.0873. The lowest BCUT2D eigenvalue weighted by molar-refractivity contribution is 0.0785. The van der Waals surface area contributed by atoms with E-state index < -0.39 is 0 Å². The fourth-order valence-corrected chi connectivity index (χ4v) is 3.26. The van der Waals surface area contributed by atoms with E-state index >= 15 is 0 Å². The molecule has 0 aliphatic heterocycles. The van der Waals surface area contributed by atoms with Crippen molar-refractivity contribution in [2.75, 3.05) is 7.05 Å². The standard InChI is InChI=1S/C24H19ClN2O2/c1-27(16-17-7-3-2-4-8-17)24(28)21-10-6-5-9-20(21)23-26-15-22(29-23)18-11-13-19(25)14-12-18/h2-15H,16H2,1H3. The maximum Gasteiger partial charge on any atom is 0.254 e. The second kappa shape index (κ2) is 8.33. The number of hydrogen-bond donors (Lipinski definition) is 0.